The molecule has 0 spiro atoms. The number of rotatable bonds is 4. The quantitative estimate of drug-likeness (QED) is 0.847. The number of carbonyl (C=O) groups excluding carboxylic acids is 1. The maximum Gasteiger partial charge on any atom is 0.306 e. The minimum Gasteiger partial charge on any atom is -0.497 e. The van der Waals surface area contributed by atoms with Gasteiger partial charge in [-0.25, -0.2) is 0 Å². The third-order valence-electron chi connectivity index (χ3n) is 3.80. The number of carboxylic acid groups (broad SMARTS) is 1. The van der Waals surface area contributed by atoms with Gasteiger partial charge in [-0.1, -0.05) is 12.1 Å². The van der Waals surface area contributed by atoms with Gasteiger partial charge in [0.1, 0.15) is 5.75 Å². The molecule has 2 rings (SSSR count). The fraction of sp³-hybridized carbons (Fsp3) is 0.467. The van der Waals surface area contributed by atoms with Crippen molar-refractivity contribution in [2.24, 2.45) is 11.8 Å². The number of benzene rings is 1. The van der Waals surface area contributed by atoms with Crippen molar-refractivity contribution in [2.45, 2.75) is 25.7 Å². The van der Waals surface area contributed by atoms with Crippen LogP contribution in [0.1, 0.15) is 36.0 Å². The second-order valence-corrected chi connectivity index (χ2v) is 4.98. The van der Waals surface area contributed by atoms with E-state index in [2.05, 4.69) is 0 Å². The Morgan fingerprint density at radius 3 is 2.37 bits per heavy atom. The van der Waals surface area contributed by atoms with Crippen LogP contribution in [0, 0.1) is 11.8 Å². The van der Waals surface area contributed by atoms with Crippen molar-refractivity contribution in [1.82, 2.24) is 0 Å². The third kappa shape index (κ3) is 3.13. The Balaban J connectivity index is 2.02. The molecule has 1 N–H and O–H groups in total. The normalized spacial score (nSPS) is 22.8. The van der Waals surface area contributed by atoms with E-state index in [1.807, 2.05) is 0 Å². The molecular weight excluding hydrogens is 244 g/mol. The van der Waals surface area contributed by atoms with Gasteiger partial charge in [-0.3, -0.25) is 9.59 Å². The van der Waals surface area contributed by atoms with E-state index < -0.39 is 5.97 Å². The molecular formula is C15H18O4. The topological polar surface area (TPSA) is 63.6 Å². The summed E-state index contributed by atoms with van der Waals surface area (Å²) >= 11 is 0. The molecule has 102 valence electrons. The molecule has 1 fully saturated rings. The lowest BCUT2D eigenvalue weighted by molar-refractivity contribution is -0.143. The van der Waals surface area contributed by atoms with Crippen LogP contribution >= 0.6 is 0 Å². The summed E-state index contributed by atoms with van der Waals surface area (Å²) in [6.07, 6.45) is 2.51. The first-order valence-corrected chi connectivity index (χ1v) is 6.53. The van der Waals surface area contributed by atoms with Crippen molar-refractivity contribution in [2.75, 3.05) is 7.11 Å². The van der Waals surface area contributed by atoms with E-state index in [0.717, 1.165) is 0 Å². The molecule has 1 saturated carbocycles. The van der Waals surface area contributed by atoms with E-state index in [-0.39, 0.29) is 17.6 Å². The van der Waals surface area contributed by atoms with Crippen LogP contribution < -0.4 is 4.74 Å². The molecule has 0 aromatic heterocycles. The molecule has 0 amide bonds. The molecule has 4 heteroatoms. The van der Waals surface area contributed by atoms with Crippen molar-refractivity contribution in [1.29, 1.82) is 0 Å². The van der Waals surface area contributed by atoms with Crippen LogP contribution in [0.25, 0.3) is 0 Å². The number of Topliss-reactive ketones (excluding diaryl/α,β-unsaturated/α-hetero) is 1. The first-order valence-electron chi connectivity index (χ1n) is 6.53. The molecule has 1 aromatic carbocycles. The first kappa shape index (κ1) is 13.6. The van der Waals surface area contributed by atoms with Crippen LogP contribution in [0.15, 0.2) is 24.3 Å². The number of hydrogen-bond acceptors (Lipinski definition) is 3. The predicted molar refractivity (Wildman–Crippen MR) is 70.4 cm³/mol. The average molecular weight is 262 g/mol. The van der Waals surface area contributed by atoms with Crippen LogP contribution in [-0.2, 0) is 4.79 Å². The lowest BCUT2D eigenvalue weighted by Crippen LogP contribution is -2.25. The highest BCUT2D eigenvalue weighted by atomic mass is 16.5. The van der Waals surface area contributed by atoms with E-state index in [9.17, 15) is 9.59 Å². The lowest BCUT2D eigenvalue weighted by atomic mass is 9.78. The summed E-state index contributed by atoms with van der Waals surface area (Å²) in [7, 11) is 1.57. The monoisotopic (exact) mass is 262 g/mol. The van der Waals surface area contributed by atoms with Gasteiger partial charge in [-0.15, -0.1) is 0 Å². The number of methoxy groups -OCH3 is 1. The van der Waals surface area contributed by atoms with Gasteiger partial charge in [0, 0.05) is 11.5 Å². The Morgan fingerprint density at radius 2 is 1.79 bits per heavy atom. The zero-order valence-corrected chi connectivity index (χ0v) is 11.0. The van der Waals surface area contributed by atoms with Gasteiger partial charge in [0.05, 0.1) is 13.0 Å². The van der Waals surface area contributed by atoms with E-state index in [0.29, 0.717) is 37.0 Å². The number of aliphatic carboxylic acids is 1. The fourth-order valence-corrected chi connectivity index (χ4v) is 2.61. The molecule has 0 atom stereocenters. The van der Waals surface area contributed by atoms with E-state index in [4.69, 9.17) is 9.84 Å². The summed E-state index contributed by atoms with van der Waals surface area (Å²) in [5.41, 5.74) is 0.651. The molecule has 0 unspecified atom stereocenters. The number of ether oxygens (including phenoxy) is 1. The van der Waals surface area contributed by atoms with Crippen molar-refractivity contribution >= 4 is 11.8 Å². The van der Waals surface area contributed by atoms with Crippen LogP contribution in [0.3, 0.4) is 0 Å². The molecule has 4 nitrogen and oxygen atoms in total. The van der Waals surface area contributed by atoms with Crippen molar-refractivity contribution in [3.05, 3.63) is 29.8 Å². The van der Waals surface area contributed by atoms with Gasteiger partial charge in [0.25, 0.3) is 0 Å². The van der Waals surface area contributed by atoms with Crippen molar-refractivity contribution in [3.8, 4) is 5.75 Å². The third-order valence-corrected chi connectivity index (χ3v) is 3.80. The fourth-order valence-electron chi connectivity index (χ4n) is 2.61. The summed E-state index contributed by atoms with van der Waals surface area (Å²) in [5, 5.41) is 8.95. The highest BCUT2D eigenvalue weighted by Gasteiger charge is 2.30. The molecule has 0 heterocycles. The van der Waals surface area contributed by atoms with Gasteiger partial charge >= 0.3 is 5.97 Å². The van der Waals surface area contributed by atoms with Crippen LogP contribution in [-0.4, -0.2) is 24.0 Å². The van der Waals surface area contributed by atoms with E-state index in [1.54, 1.807) is 31.4 Å². The summed E-state index contributed by atoms with van der Waals surface area (Å²) in [6.45, 7) is 0. The molecule has 1 aliphatic rings. The second-order valence-electron chi connectivity index (χ2n) is 4.98. The Labute approximate surface area is 112 Å². The summed E-state index contributed by atoms with van der Waals surface area (Å²) in [4.78, 5) is 23.2. The maximum atomic E-state index is 12.3. The van der Waals surface area contributed by atoms with E-state index in [1.165, 1.54) is 0 Å². The van der Waals surface area contributed by atoms with Gasteiger partial charge < -0.3 is 9.84 Å². The molecule has 1 aliphatic carbocycles. The van der Waals surface area contributed by atoms with Crippen LogP contribution in [0.2, 0.25) is 0 Å². The zero-order chi connectivity index (χ0) is 13.8. The van der Waals surface area contributed by atoms with Gasteiger partial charge in [0.2, 0.25) is 0 Å². The Morgan fingerprint density at radius 1 is 1.16 bits per heavy atom. The minimum atomic E-state index is -0.743. The summed E-state index contributed by atoms with van der Waals surface area (Å²) < 4.78 is 5.11. The zero-order valence-electron chi connectivity index (χ0n) is 11.0. The Kier molecular flexibility index (Phi) is 4.20. The molecule has 0 radical (unpaired) electrons. The molecule has 0 aliphatic heterocycles. The molecule has 0 saturated heterocycles. The standard InChI is InChI=1S/C15H18O4/c1-19-13-4-2-3-12(9-13)14(16)10-5-7-11(8-6-10)15(17)18/h2-4,9-11H,5-8H2,1H3,(H,17,18). The summed E-state index contributed by atoms with van der Waals surface area (Å²) in [5.74, 6) is -0.308. The Hall–Kier alpha value is -1.84. The largest absolute Gasteiger partial charge is 0.497 e. The van der Waals surface area contributed by atoms with E-state index >= 15 is 0 Å². The highest BCUT2D eigenvalue weighted by molar-refractivity contribution is 5.98. The van der Waals surface area contributed by atoms with Crippen LogP contribution in [0.4, 0.5) is 0 Å². The average Bonchev–Trinajstić information content (AvgIpc) is 2.46. The maximum absolute atomic E-state index is 12.3. The van der Waals surface area contributed by atoms with Gasteiger partial charge in [-0.2, -0.15) is 0 Å². The molecule has 19 heavy (non-hydrogen) atoms. The lowest BCUT2D eigenvalue weighted by Gasteiger charge is -2.25. The second kappa shape index (κ2) is 5.87. The van der Waals surface area contributed by atoms with Crippen molar-refractivity contribution < 1.29 is 19.4 Å². The minimum absolute atomic E-state index is 0.0530. The number of ketones is 1. The van der Waals surface area contributed by atoms with Gasteiger partial charge in [-0.05, 0) is 37.8 Å². The SMILES string of the molecule is COc1cccc(C(=O)C2CCC(C(=O)O)CC2)c1. The molecule has 1 aromatic rings. The number of carboxylic acids is 1. The molecule has 0 bridgehead atoms. The highest BCUT2D eigenvalue weighted by Crippen LogP contribution is 2.31. The smallest absolute Gasteiger partial charge is 0.306 e. The van der Waals surface area contributed by atoms with Crippen molar-refractivity contribution in [3.63, 3.8) is 0 Å². The number of hydrogen-bond donors (Lipinski definition) is 1. The van der Waals surface area contributed by atoms with Crippen LogP contribution in [0.5, 0.6) is 5.75 Å². The predicted octanol–water partition coefficient (Wildman–Crippen LogP) is 2.77. The Bertz CT molecular complexity index is 473. The summed E-state index contributed by atoms with van der Waals surface area (Å²) in [6, 6.07) is 7.13. The number of carbonyl (C=O) groups is 2. The van der Waals surface area contributed by atoms with Gasteiger partial charge in [0.15, 0.2) is 5.78 Å². The first-order chi connectivity index (χ1) is 9.11.